The lowest BCUT2D eigenvalue weighted by Gasteiger charge is -2.33. The van der Waals surface area contributed by atoms with Gasteiger partial charge in [-0.1, -0.05) is 36.4 Å². The number of anilines is 1. The van der Waals surface area contributed by atoms with E-state index in [1.165, 1.54) is 16.7 Å². The second-order valence-corrected chi connectivity index (χ2v) is 7.22. The summed E-state index contributed by atoms with van der Waals surface area (Å²) in [6.07, 6.45) is 5.26. The topological polar surface area (TPSA) is 32.8 Å². The number of carbonyl (C=O) groups is 1. The van der Waals surface area contributed by atoms with Gasteiger partial charge in [0.05, 0.1) is 13.7 Å². The van der Waals surface area contributed by atoms with E-state index >= 15 is 0 Å². The van der Waals surface area contributed by atoms with Gasteiger partial charge in [-0.15, -0.1) is 0 Å². The highest BCUT2D eigenvalue weighted by molar-refractivity contribution is 5.96. The summed E-state index contributed by atoms with van der Waals surface area (Å²) in [5.41, 5.74) is 4.93. The normalized spacial score (nSPS) is 17.2. The van der Waals surface area contributed by atoms with Crippen LogP contribution >= 0.6 is 0 Å². The molecule has 2 heterocycles. The lowest BCUT2D eigenvalue weighted by molar-refractivity contribution is -0.119. The van der Waals surface area contributed by atoms with Crippen LogP contribution in [0.2, 0.25) is 0 Å². The van der Waals surface area contributed by atoms with Crippen molar-refractivity contribution in [1.29, 1.82) is 0 Å². The van der Waals surface area contributed by atoms with Crippen molar-refractivity contribution in [2.75, 3.05) is 38.2 Å². The summed E-state index contributed by atoms with van der Waals surface area (Å²) in [5, 5.41) is 0. The van der Waals surface area contributed by atoms with Gasteiger partial charge in [0.25, 0.3) is 0 Å². The molecule has 4 heteroatoms. The Kier molecular flexibility index (Phi) is 5.26. The predicted octanol–water partition coefficient (Wildman–Crippen LogP) is 3.76. The number of rotatable bonds is 4. The van der Waals surface area contributed by atoms with Gasteiger partial charge in [0, 0.05) is 25.3 Å². The fraction of sp³-hybridized carbons (Fsp3) is 0.348. The third-order valence-corrected chi connectivity index (χ3v) is 5.50. The Morgan fingerprint density at radius 3 is 2.67 bits per heavy atom. The molecule has 0 bridgehead atoms. The van der Waals surface area contributed by atoms with Crippen LogP contribution in [0, 0.1) is 0 Å². The summed E-state index contributed by atoms with van der Waals surface area (Å²) in [4.78, 5) is 17.2. The number of methoxy groups -OCH3 is 1. The molecular weight excluding hydrogens is 336 g/mol. The summed E-state index contributed by atoms with van der Waals surface area (Å²) < 4.78 is 5.33. The van der Waals surface area contributed by atoms with Gasteiger partial charge in [0.2, 0.25) is 5.91 Å². The van der Waals surface area contributed by atoms with Gasteiger partial charge in [0.15, 0.2) is 0 Å². The van der Waals surface area contributed by atoms with Gasteiger partial charge in [-0.3, -0.25) is 9.69 Å². The van der Waals surface area contributed by atoms with Crippen molar-refractivity contribution in [3.05, 3.63) is 65.7 Å². The molecule has 1 amide bonds. The van der Waals surface area contributed by atoms with Crippen LogP contribution in [0.3, 0.4) is 0 Å². The standard InChI is InChI=1S/C23H26N2O2/c1-27-21-9-10-22-20(16-21)8-5-13-25(22)23(26)17-24-14-11-19(12-15-24)18-6-3-2-4-7-18/h2-4,6-7,9-11,16H,5,8,12-15,17H2,1H3. The molecule has 0 aliphatic carbocycles. The molecule has 0 saturated heterocycles. The van der Waals surface area contributed by atoms with E-state index in [1.54, 1.807) is 7.11 Å². The number of benzene rings is 2. The molecule has 0 radical (unpaired) electrons. The predicted molar refractivity (Wildman–Crippen MR) is 109 cm³/mol. The number of carbonyl (C=O) groups excluding carboxylic acids is 1. The van der Waals surface area contributed by atoms with Crippen LogP contribution in [0.15, 0.2) is 54.6 Å². The van der Waals surface area contributed by atoms with Crippen molar-refractivity contribution < 1.29 is 9.53 Å². The zero-order valence-electron chi connectivity index (χ0n) is 15.9. The third kappa shape index (κ3) is 3.91. The van der Waals surface area contributed by atoms with Gasteiger partial charge in [-0.05, 0) is 54.2 Å². The van der Waals surface area contributed by atoms with Gasteiger partial charge in [0.1, 0.15) is 5.75 Å². The van der Waals surface area contributed by atoms with E-state index in [2.05, 4.69) is 41.3 Å². The van der Waals surface area contributed by atoms with Gasteiger partial charge < -0.3 is 9.64 Å². The molecule has 0 spiro atoms. The van der Waals surface area contributed by atoms with Crippen molar-refractivity contribution >= 4 is 17.2 Å². The maximum absolute atomic E-state index is 13.0. The second kappa shape index (κ2) is 7.97. The molecule has 0 saturated carbocycles. The molecule has 2 aromatic carbocycles. The first-order valence-corrected chi connectivity index (χ1v) is 9.68. The third-order valence-electron chi connectivity index (χ3n) is 5.50. The number of aryl methyl sites for hydroxylation is 1. The molecule has 0 unspecified atom stereocenters. The maximum Gasteiger partial charge on any atom is 0.241 e. The van der Waals surface area contributed by atoms with Crippen molar-refractivity contribution in [3.8, 4) is 5.75 Å². The summed E-state index contributed by atoms with van der Waals surface area (Å²) in [6, 6.07) is 16.5. The zero-order valence-corrected chi connectivity index (χ0v) is 15.9. The van der Waals surface area contributed by atoms with Gasteiger partial charge >= 0.3 is 0 Å². The van der Waals surface area contributed by atoms with Crippen LogP contribution < -0.4 is 9.64 Å². The van der Waals surface area contributed by atoms with E-state index in [4.69, 9.17) is 4.74 Å². The molecule has 4 nitrogen and oxygen atoms in total. The number of fused-ring (bicyclic) bond motifs is 1. The van der Waals surface area contributed by atoms with Crippen LogP contribution in [-0.4, -0.2) is 44.1 Å². The molecule has 0 N–H and O–H groups in total. The highest BCUT2D eigenvalue weighted by Crippen LogP contribution is 2.31. The fourth-order valence-electron chi connectivity index (χ4n) is 4.01. The van der Waals surface area contributed by atoms with E-state index < -0.39 is 0 Å². The smallest absolute Gasteiger partial charge is 0.241 e. The maximum atomic E-state index is 13.0. The lowest BCUT2D eigenvalue weighted by Crippen LogP contribution is -2.43. The Balaban J connectivity index is 1.42. The summed E-state index contributed by atoms with van der Waals surface area (Å²) in [5.74, 6) is 1.05. The highest BCUT2D eigenvalue weighted by Gasteiger charge is 2.25. The Hall–Kier alpha value is -2.59. The van der Waals surface area contributed by atoms with Crippen molar-refractivity contribution in [2.24, 2.45) is 0 Å². The molecule has 2 aromatic rings. The Bertz CT molecular complexity index is 845. The molecule has 2 aliphatic heterocycles. The molecule has 0 fully saturated rings. The SMILES string of the molecule is COc1ccc2c(c1)CCCN2C(=O)CN1CC=C(c2ccccc2)CC1. The Morgan fingerprint density at radius 2 is 1.93 bits per heavy atom. The van der Waals surface area contributed by atoms with Gasteiger partial charge in [-0.2, -0.15) is 0 Å². The molecule has 2 aliphatic rings. The Labute approximate surface area is 161 Å². The summed E-state index contributed by atoms with van der Waals surface area (Å²) in [7, 11) is 1.68. The van der Waals surface area contributed by atoms with Crippen molar-refractivity contribution in [3.63, 3.8) is 0 Å². The molecular formula is C23H26N2O2. The average molecular weight is 362 g/mol. The van der Waals surface area contributed by atoms with E-state index in [0.29, 0.717) is 6.54 Å². The van der Waals surface area contributed by atoms with E-state index in [0.717, 1.165) is 50.3 Å². The number of amides is 1. The summed E-state index contributed by atoms with van der Waals surface area (Å²) >= 11 is 0. The monoisotopic (exact) mass is 362 g/mol. The van der Waals surface area contributed by atoms with Crippen molar-refractivity contribution in [2.45, 2.75) is 19.3 Å². The molecule has 4 rings (SSSR count). The minimum Gasteiger partial charge on any atom is -0.497 e. The molecule has 140 valence electrons. The average Bonchev–Trinajstić information content (AvgIpc) is 2.74. The molecule has 0 atom stereocenters. The number of hydrogen-bond donors (Lipinski definition) is 0. The van der Waals surface area contributed by atoms with Crippen LogP contribution in [0.5, 0.6) is 5.75 Å². The Morgan fingerprint density at radius 1 is 1.07 bits per heavy atom. The van der Waals surface area contributed by atoms with E-state index in [9.17, 15) is 4.79 Å². The summed E-state index contributed by atoms with van der Waals surface area (Å²) in [6.45, 7) is 3.04. The second-order valence-electron chi connectivity index (χ2n) is 7.22. The van der Waals surface area contributed by atoms with Crippen LogP contribution in [0.4, 0.5) is 5.69 Å². The lowest BCUT2D eigenvalue weighted by atomic mass is 9.99. The largest absolute Gasteiger partial charge is 0.497 e. The molecule has 0 aromatic heterocycles. The highest BCUT2D eigenvalue weighted by atomic mass is 16.5. The van der Waals surface area contributed by atoms with Crippen molar-refractivity contribution in [1.82, 2.24) is 4.90 Å². The van der Waals surface area contributed by atoms with E-state index in [1.807, 2.05) is 23.1 Å². The van der Waals surface area contributed by atoms with Crippen LogP contribution in [-0.2, 0) is 11.2 Å². The first-order chi connectivity index (χ1) is 13.2. The molecule has 27 heavy (non-hydrogen) atoms. The van der Waals surface area contributed by atoms with Crippen LogP contribution in [0.1, 0.15) is 24.0 Å². The van der Waals surface area contributed by atoms with E-state index in [-0.39, 0.29) is 5.91 Å². The minimum atomic E-state index is 0.192. The fourth-order valence-corrected chi connectivity index (χ4v) is 4.01. The number of ether oxygens (including phenoxy) is 1. The first kappa shape index (κ1) is 17.8. The quantitative estimate of drug-likeness (QED) is 0.830. The minimum absolute atomic E-state index is 0.192. The first-order valence-electron chi connectivity index (χ1n) is 9.68. The number of hydrogen-bond acceptors (Lipinski definition) is 3. The zero-order chi connectivity index (χ0) is 18.6. The number of nitrogens with zero attached hydrogens (tertiary/aromatic N) is 2. The van der Waals surface area contributed by atoms with Gasteiger partial charge in [-0.25, -0.2) is 0 Å². The van der Waals surface area contributed by atoms with Crippen LogP contribution in [0.25, 0.3) is 5.57 Å².